The second-order valence-corrected chi connectivity index (χ2v) is 5.57. The lowest BCUT2D eigenvalue weighted by molar-refractivity contribution is 0.582. The van der Waals surface area contributed by atoms with E-state index in [2.05, 4.69) is 46.4 Å². The van der Waals surface area contributed by atoms with Crippen molar-refractivity contribution in [1.29, 1.82) is 0 Å². The van der Waals surface area contributed by atoms with Crippen LogP contribution < -0.4 is 5.32 Å². The van der Waals surface area contributed by atoms with Crippen LogP contribution in [0.25, 0.3) is 11.0 Å². The van der Waals surface area contributed by atoms with Gasteiger partial charge in [-0.3, -0.25) is 0 Å². The van der Waals surface area contributed by atoms with Gasteiger partial charge in [0, 0.05) is 13.1 Å². The molecular weight excluding hydrogens is 242 g/mol. The third-order valence-electron chi connectivity index (χ3n) is 3.49. The highest BCUT2D eigenvalue weighted by Crippen LogP contribution is 2.23. The van der Waals surface area contributed by atoms with Crippen molar-refractivity contribution >= 4 is 22.8 Å². The molecule has 1 unspecified atom stereocenters. The average Bonchev–Trinajstić information content (AvgIpc) is 2.66. The molecule has 2 rings (SSSR count). The largest absolute Gasteiger partial charge is 0.331 e. The van der Waals surface area contributed by atoms with Crippen molar-refractivity contribution in [2.24, 2.45) is 7.05 Å². The summed E-state index contributed by atoms with van der Waals surface area (Å²) in [6.45, 7) is 2.04. The van der Waals surface area contributed by atoms with Gasteiger partial charge in [-0.05, 0) is 50.1 Å². The van der Waals surface area contributed by atoms with E-state index in [1.807, 2.05) is 25.7 Å². The number of imidazole rings is 1. The van der Waals surface area contributed by atoms with E-state index in [0.717, 1.165) is 17.8 Å². The summed E-state index contributed by atoms with van der Waals surface area (Å²) in [6, 6.07) is 7.02. The molecule has 0 saturated heterocycles. The molecule has 1 heterocycles. The van der Waals surface area contributed by atoms with Crippen molar-refractivity contribution in [3.05, 3.63) is 29.6 Å². The molecule has 3 nitrogen and oxygen atoms in total. The van der Waals surface area contributed by atoms with Crippen LogP contribution in [0.4, 0.5) is 0 Å². The minimum atomic E-state index is 0.421. The standard InChI is InChI=1S/C14H21N3S/c1-10-16-13-9-11(5-6-14(13)17(10)3)12(15-2)7-8-18-4/h5-6,9,12,15H,7-8H2,1-4H3. The maximum atomic E-state index is 4.60. The lowest BCUT2D eigenvalue weighted by Crippen LogP contribution is -2.17. The Morgan fingerprint density at radius 3 is 2.89 bits per heavy atom. The molecule has 0 bridgehead atoms. The fourth-order valence-electron chi connectivity index (χ4n) is 2.27. The summed E-state index contributed by atoms with van der Waals surface area (Å²) in [4.78, 5) is 4.60. The Balaban J connectivity index is 2.33. The molecule has 0 aliphatic rings. The Morgan fingerprint density at radius 1 is 1.44 bits per heavy atom. The molecule has 0 saturated carbocycles. The number of nitrogens with zero attached hydrogens (tertiary/aromatic N) is 2. The van der Waals surface area contributed by atoms with E-state index < -0.39 is 0 Å². The van der Waals surface area contributed by atoms with Gasteiger partial charge < -0.3 is 9.88 Å². The van der Waals surface area contributed by atoms with Gasteiger partial charge in [0.2, 0.25) is 0 Å². The topological polar surface area (TPSA) is 29.9 Å². The summed E-state index contributed by atoms with van der Waals surface area (Å²) in [5.74, 6) is 2.23. The molecule has 1 atom stereocenters. The van der Waals surface area contributed by atoms with E-state index in [4.69, 9.17) is 0 Å². The fraction of sp³-hybridized carbons (Fsp3) is 0.500. The predicted molar refractivity (Wildman–Crippen MR) is 80.3 cm³/mol. The van der Waals surface area contributed by atoms with E-state index in [9.17, 15) is 0 Å². The molecule has 1 aromatic carbocycles. The van der Waals surface area contributed by atoms with E-state index in [-0.39, 0.29) is 0 Å². The Bertz CT molecular complexity index is 533. The highest BCUT2D eigenvalue weighted by Gasteiger charge is 2.11. The Hall–Kier alpha value is -1.00. The molecule has 0 aliphatic heterocycles. The molecule has 1 N–H and O–H groups in total. The summed E-state index contributed by atoms with van der Waals surface area (Å²) < 4.78 is 2.13. The van der Waals surface area contributed by atoms with E-state index in [0.29, 0.717) is 6.04 Å². The zero-order chi connectivity index (χ0) is 13.1. The summed E-state index contributed by atoms with van der Waals surface area (Å²) >= 11 is 1.89. The van der Waals surface area contributed by atoms with Gasteiger partial charge in [-0.2, -0.15) is 11.8 Å². The Morgan fingerprint density at radius 2 is 2.22 bits per heavy atom. The molecule has 2 aromatic rings. The van der Waals surface area contributed by atoms with Crippen LogP contribution in [0, 0.1) is 6.92 Å². The Labute approximate surface area is 113 Å². The van der Waals surface area contributed by atoms with Gasteiger partial charge in [-0.1, -0.05) is 6.07 Å². The van der Waals surface area contributed by atoms with Gasteiger partial charge in [0.1, 0.15) is 5.82 Å². The number of benzene rings is 1. The number of thioether (sulfide) groups is 1. The van der Waals surface area contributed by atoms with Crippen LogP contribution in [0.3, 0.4) is 0 Å². The monoisotopic (exact) mass is 263 g/mol. The van der Waals surface area contributed by atoms with Gasteiger partial charge >= 0.3 is 0 Å². The minimum Gasteiger partial charge on any atom is -0.331 e. The van der Waals surface area contributed by atoms with Crippen LogP contribution in [0.15, 0.2) is 18.2 Å². The van der Waals surface area contributed by atoms with E-state index in [1.54, 1.807) is 0 Å². The molecule has 0 spiro atoms. The SMILES string of the molecule is CNC(CCSC)c1ccc2c(c1)nc(C)n2C. The number of nitrogens with one attached hydrogen (secondary N) is 1. The van der Waals surface area contributed by atoms with Gasteiger partial charge in [-0.25, -0.2) is 4.98 Å². The first-order valence-electron chi connectivity index (χ1n) is 6.26. The van der Waals surface area contributed by atoms with Crippen molar-refractivity contribution in [2.45, 2.75) is 19.4 Å². The van der Waals surface area contributed by atoms with Crippen molar-refractivity contribution in [3.8, 4) is 0 Å². The smallest absolute Gasteiger partial charge is 0.106 e. The number of rotatable bonds is 5. The number of hydrogen-bond donors (Lipinski definition) is 1. The van der Waals surface area contributed by atoms with Crippen LogP contribution >= 0.6 is 11.8 Å². The highest BCUT2D eigenvalue weighted by atomic mass is 32.2. The van der Waals surface area contributed by atoms with Crippen LogP contribution in [0.1, 0.15) is 23.9 Å². The third-order valence-corrected chi connectivity index (χ3v) is 4.13. The van der Waals surface area contributed by atoms with Gasteiger partial charge in [-0.15, -0.1) is 0 Å². The first-order chi connectivity index (χ1) is 8.67. The maximum absolute atomic E-state index is 4.60. The summed E-state index contributed by atoms with van der Waals surface area (Å²) in [6.07, 6.45) is 3.30. The van der Waals surface area contributed by atoms with Crippen molar-refractivity contribution in [1.82, 2.24) is 14.9 Å². The van der Waals surface area contributed by atoms with E-state index in [1.165, 1.54) is 16.8 Å². The maximum Gasteiger partial charge on any atom is 0.106 e. The van der Waals surface area contributed by atoms with Crippen molar-refractivity contribution < 1.29 is 0 Å². The summed E-state index contributed by atoms with van der Waals surface area (Å²) in [5, 5.41) is 3.39. The van der Waals surface area contributed by atoms with Crippen LogP contribution in [-0.2, 0) is 7.05 Å². The van der Waals surface area contributed by atoms with E-state index >= 15 is 0 Å². The molecule has 4 heteroatoms. The quantitative estimate of drug-likeness (QED) is 0.899. The normalized spacial score (nSPS) is 13.1. The zero-order valence-corrected chi connectivity index (χ0v) is 12.3. The highest BCUT2D eigenvalue weighted by molar-refractivity contribution is 7.98. The van der Waals surface area contributed by atoms with Crippen LogP contribution in [-0.4, -0.2) is 28.6 Å². The second kappa shape index (κ2) is 5.76. The molecule has 98 valence electrons. The van der Waals surface area contributed by atoms with Crippen molar-refractivity contribution in [3.63, 3.8) is 0 Å². The molecule has 0 aliphatic carbocycles. The number of aromatic nitrogens is 2. The molecule has 1 aromatic heterocycles. The summed E-state index contributed by atoms with van der Waals surface area (Å²) in [7, 11) is 4.09. The third kappa shape index (κ3) is 2.54. The number of aryl methyl sites for hydroxylation is 2. The van der Waals surface area contributed by atoms with Crippen LogP contribution in [0.2, 0.25) is 0 Å². The zero-order valence-electron chi connectivity index (χ0n) is 11.5. The lowest BCUT2D eigenvalue weighted by atomic mass is 10.0. The first kappa shape index (κ1) is 13.4. The molecule has 0 fully saturated rings. The fourth-order valence-corrected chi connectivity index (χ4v) is 2.74. The van der Waals surface area contributed by atoms with Crippen LogP contribution in [0.5, 0.6) is 0 Å². The Kier molecular flexibility index (Phi) is 4.30. The van der Waals surface area contributed by atoms with Gasteiger partial charge in [0.05, 0.1) is 11.0 Å². The molecule has 0 amide bonds. The number of fused-ring (bicyclic) bond motifs is 1. The minimum absolute atomic E-state index is 0.421. The first-order valence-corrected chi connectivity index (χ1v) is 7.66. The second-order valence-electron chi connectivity index (χ2n) is 4.59. The summed E-state index contributed by atoms with van der Waals surface area (Å²) in [5.41, 5.74) is 3.63. The average molecular weight is 263 g/mol. The van der Waals surface area contributed by atoms with Gasteiger partial charge in [0.15, 0.2) is 0 Å². The van der Waals surface area contributed by atoms with Crippen molar-refractivity contribution in [2.75, 3.05) is 19.1 Å². The lowest BCUT2D eigenvalue weighted by Gasteiger charge is -2.16. The molecular formula is C14H21N3S. The number of hydrogen-bond acceptors (Lipinski definition) is 3. The molecule has 0 radical (unpaired) electrons. The predicted octanol–water partition coefficient (Wildman–Crippen LogP) is 2.90. The van der Waals surface area contributed by atoms with Gasteiger partial charge in [0.25, 0.3) is 0 Å². The molecule has 18 heavy (non-hydrogen) atoms.